The Kier molecular flexibility index (Phi) is 6.78. The van der Waals surface area contributed by atoms with Gasteiger partial charge in [0, 0.05) is 27.5 Å². The monoisotopic (exact) mass is 651 g/mol. The van der Waals surface area contributed by atoms with Crippen LogP contribution in [0.25, 0.3) is 99.9 Å². The van der Waals surface area contributed by atoms with E-state index in [1.54, 1.807) is 0 Å². The van der Waals surface area contributed by atoms with E-state index in [1.807, 2.05) is 48.5 Å². The van der Waals surface area contributed by atoms with Gasteiger partial charge in [-0.3, -0.25) is 0 Å². The number of para-hydroxylation sites is 1. The number of fused-ring (bicyclic) bond motifs is 5. The molecular weight excluding hydrogens is 623 g/mol. The highest BCUT2D eigenvalue weighted by atomic mass is 16.3. The molecule has 4 heteroatoms. The van der Waals surface area contributed by atoms with E-state index in [4.69, 9.17) is 19.4 Å². The van der Waals surface area contributed by atoms with Crippen LogP contribution in [0.5, 0.6) is 0 Å². The Morgan fingerprint density at radius 3 is 1.69 bits per heavy atom. The van der Waals surface area contributed by atoms with Crippen molar-refractivity contribution in [1.82, 2.24) is 15.0 Å². The van der Waals surface area contributed by atoms with Crippen molar-refractivity contribution in [2.45, 2.75) is 0 Å². The number of aromatic nitrogens is 3. The van der Waals surface area contributed by atoms with E-state index in [1.165, 1.54) is 21.9 Å². The third-order valence-corrected chi connectivity index (χ3v) is 9.70. The highest BCUT2D eigenvalue weighted by Gasteiger charge is 2.21. The summed E-state index contributed by atoms with van der Waals surface area (Å²) in [5.41, 5.74) is 9.03. The molecule has 0 radical (unpaired) electrons. The summed E-state index contributed by atoms with van der Waals surface area (Å²) in [6, 6.07) is 61.1. The van der Waals surface area contributed by atoms with Crippen LogP contribution >= 0.6 is 0 Å². The molecule has 0 N–H and O–H groups in total. The number of furan rings is 1. The smallest absolute Gasteiger partial charge is 0.165 e. The predicted octanol–water partition coefficient (Wildman–Crippen LogP) is 12.4. The van der Waals surface area contributed by atoms with Crippen LogP contribution in [-0.2, 0) is 0 Å². The van der Waals surface area contributed by atoms with E-state index in [0.717, 1.165) is 60.5 Å². The van der Waals surface area contributed by atoms with Gasteiger partial charge in [0.05, 0.1) is 0 Å². The second-order valence-corrected chi connectivity index (χ2v) is 12.8. The lowest BCUT2D eigenvalue weighted by Crippen LogP contribution is -2.01. The van der Waals surface area contributed by atoms with Gasteiger partial charge in [-0.2, -0.15) is 0 Å². The summed E-state index contributed by atoms with van der Waals surface area (Å²) >= 11 is 0. The first-order valence-corrected chi connectivity index (χ1v) is 17.1. The summed E-state index contributed by atoms with van der Waals surface area (Å²) in [4.78, 5) is 15.5. The van der Waals surface area contributed by atoms with E-state index in [0.29, 0.717) is 17.5 Å². The number of hydrogen-bond donors (Lipinski definition) is 0. The number of benzene rings is 8. The van der Waals surface area contributed by atoms with Gasteiger partial charge in [-0.05, 0) is 68.1 Å². The topological polar surface area (TPSA) is 51.8 Å². The molecule has 0 spiro atoms. The average Bonchev–Trinajstić information content (AvgIpc) is 3.58. The second-order valence-electron chi connectivity index (χ2n) is 12.8. The second kappa shape index (κ2) is 11.9. The quantitative estimate of drug-likeness (QED) is 0.186. The molecule has 0 aliphatic heterocycles. The lowest BCUT2D eigenvalue weighted by Gasteiger charge is -2.12. The van der Waals surface area contributed by atoms with Crippen molar-refractivity contribution in [1.29, 1.82) is 0 Å². The van der Waals surface area contributed by atoms with Gasteiger partial charge in [0.2, 0.25) is 0 Å². The summed E-state index contributed by atoms with van der Waals surface area (Å²) in [6.45, 7) is 0. The lowest BCUT2D eigenvalue weighted by atomic mass is 9.97. The Balaban J connectivity index is 1.12. The van der Waals surface area contributed by atoms with Crippen LogP contribution in [0.4, 0.5) is 0 Å². The Bertz CT molecular complexity index is 2910. The third kappa shape index (κ3) is 5.13. The van der Waals surface area contributed by atoms with Gasteiger partial charge in [0.15, 0.2) is 17.5 Å². The zero-order valence-corrected chi connectivity index (χ0v) is 27.5. The van der Waals surface area contributed by atoms with Crippen LogP contribution in [-0.4, -0.2) is 15.0 Å². The third-order valence-electron chi connectivity index (χ3n) is 9.70. The molecular formula is C47H29N3O. The Morgan fingerprint density at radius 2 is 0.882 bits per heavy atom. The van der Waals surface area contributed by atoms with Gasteiger partial charge in [-0.1, -0.05) is 152 Å². The lowest BCUT2D eigenvalue weighted by molar-refractivity contribution is 0.669. The molecule has 0 aliphatic rings. The molecule has 10 aromatic rings. The maximum Gasteiger partial charge on any atom is 0.165 e. The van der Waals surface area contributed by atoms with Gasteiger partial charge in [-0.25, -0.2) is 15.0 Å². The molecule has 0 saturated heterocycles. The molecule has 0 fully saturated rings. The first kappa shape index (κ1) is 29.0. The number of nitrogens with zero attached hydrogens (tertiary/aromatic N) is 3. The Hall–Kier alpha value is -6.91. The van der Waals surface area contributed by atoms with Crippen molar-refractivity contribution in [2.75, 3.05) is 0 Å². The van der Waals surface area contributed by atoms with Crippen LogP contribution in [0.1, 0.15) is 0 Å². The highest BCUT2D eigenvalue weighted by molar-refractivity contribution is 6.20. The van der Waals surface area contributed by atoms with Gasteiger partial charge < -0.3 is 4.42 Å². The zero-order valence-electron chi connectivity index (χ0n) is 27.5. The molecule has 0 bridgehead atoms. The van der Waals surface area contributed by atoms with Crippen LogP contribution in [0.15, 0.2) is 180 Å². The summed E-state index contributed by atoms with van der Waals surface area (Å²) in [6.07, 6.45) is 0. The van der Waals surface area contributed by atoms with E-state index in [2.05, 4.69) is 127 Å². The fourth-order valence-corrected chi connectivity index (χ4v) is 7.18. The van der Waals surface area contributed by atoms with Crippen LogP contribution in [0, 0.1) is 0 Å². The molecule has 0 aliphatic carbocycles. The van der Waals surface area contributed by atoms with Gasteiger partial charge in [0.25, 0.3) is 0 Å². The Labute approximate surface area is 294 Å². The first-order chi connectivity index (χ1) is 25.2. The van der Waals surface area contributed by atoms with Crippen molar-refractivity contribution in [3.05, 3.63) is 176 Å². The van der Waals surface area contributed by atoms with Crippen LogP contribution in [0.2, 0.25) is 0 Å². The standard InChI is InChI=1S/C47H29N3O/c1-2-12-33(13-3-1)45-48-46(50-47(49-45)44-39-18-7-6-15-37(39)29-42-43(44)40-19-8-9-20-41(40)51-42)38-17-10-16-35(28-38)31-21-23-32(24-22-31)36-26-25-30-11-4-5-14-34(30)27-36/h1-29H. The maximum absolute atomic E-state index is 6.40. The van der Waals surface area contributed by atoms with Gasteiger partial charge in [-0.15, -0.1) is 0 Å². The van der Waals surface area contributed by atoms with E-state index >= 15 is 0 Å². The predicted molar refractivity (Wildman–Crippen MR) is 209 cm³/mol. The molecule has 2 heterocycles. The van der Waals surface area contributed by atoms with Crippen molar-refractivity contribution >= 4 is 43.5 Å². The summed E-state index contributed by atoms with van der Waals surface area (Å²) in [5, 5.41) is 6.65. The minimum Gasteiger partial charge on any atom is -0.456 e. The van der Waals surface area contributed by atoms with E-state index < -0.39 is 0 Å². The molecule has 51 heavy (non-hydrogen) atoms. The van der Waals surface area contributed by atoms with Gasteiger partial charge in [0.1, 0.15) is 11.2 Å². The summed E-state index contributed by atoms with van der Waals surface area (Å²) < 4.78 is 6.40. The first-order valence-electron chi connectivity index (χ1n) is 17.1. The van der Waals surface area contributed by atoms with Crippen LogP contribution < -0.4 is 0 Å². The highest BCUT2D eigenvalue weighted by Crippen LogP contribution is 2.41. The average molecular weight is 652 g/mol. The SMILES string of the molecule is c1ccc(-c2nc(-c3cccc(-c4ccc(-c5ccc6ccccc6c5)cc4)c3)nc(-c3c4ccccc4cc4oc5ccccc5c34)n2)cc1. The number of rotatable bonds is 5. The maximum atomic E-state index is 6.40. The molecule has 8 aromatic carbocycles. The fourth-order valence-electron chi connectivity index (χ4n) is 7.18. The fraction of sp³-hybridized carbons (Fsp3) is 0. The molecule has 4 nitrogen and oxygen atoms in total. The van der Waals surface area contributed by atoms with Crippen molar-refractivity contribution < 1.29 is 4.42 Å². The summed E-state index contributed by atoms with van der Waals surface area (Å²) in [7, 11) is 0. The molecule has 0 atom stereocenters. The zero-order chi connectivity index (χ0) is 33.7. The molecule has 0 amide bonds. The molecule has 10 rings (SSSR count). The van der Waals surface area contributed by atoms with Crippen LogP contribution in [0.3, 0.4) is 0 Å². The minimum absolute atomic E-state index is 0.609. The van der Waals surface area contributed by atoms with E-state index in [9.17, 15) is 0 Å². The van der Waals surface area contributed by atoms with Gasteiger partial charge >= 0.3 is 0 Å². The largest absolute Gasteiger partial charge is 0.456 e. The minimum atomic E-state index is 0.609. The van der Waals surface area contributed by atoms with Crippen molar-refractivity contribution in [3.63, 3.8) is 0 Å². The number of hydrogen-bond acceptors (Lipinski definition) is 4. The molecule has 0 saturated carbocycles. The van der Waals surface area contributed by atoms with Crippen molar-refractivity contribution in [3.8, 4) is 56.4 Å². The van der Waals surface area contributed by atoms with Crippen molar-refractivity contribution in [2.24, 2.45) is 0 Å². The molecule has 238 valence electrons. The van der Waals surface area contributed by atoms with E-state index in [-0.39, 0.29) is 0 Å². The Morgan fingerprint density at radius 1 is 0.314 bits per heavy atom. The summed E-state index contributed by atoms with van der Waals surface area (Å²) in [5.74, 6) is 1.84. The normalized spacial score (nSPS) is 11.5. The molecule has 0 unspecified atom stereocenters. The molecule has 2 aromatic heterocycles.